The monoisotopic (exact) mass is 255 g/mol. The van der Waals surface area contributed by atoms with Gasteiger partial charge in [0.25, 0.3) is 0 Å². The second kappa shape index (κ2) is 6.61. The van der Waals surface area contributed by atoms with Gasteiger partial charge in [-0.15, -0.1) is 0 Å². The van der Waals surface area contributed by atoms with E-state index in [2.05, 4.69) is 24.3 Å². The van der Waals surface area contributed by atoms with E-state index in [0.29, 0.717) is 11.8 Å². The van der Waals surface area contributed by atoms with Crippen molar-refractivity contribution >= 4 is 11.7 Å². The first-order valence-electron chi connectivity index (χ1n) is 6.75. The van der Waals surface area contributed by atoms with Gasteiger partial charge in [-0.05, 0) is 31.6 Å². The first kappa shape index (κ1) is 14.8. The lowest BCUT2D eigenvalue weighted by atomic mass is 9.77. The maximum Gasteiger partial charge on any atom is 0.230 e. The highest BCUT2D eigenvalue weighted by molar-refractivity contribution is 6.01. The lowest BCUT2D eigenvalue weighted by molar-refractivity contribution is -0.124. The molecule has 0 aliphatic heterocycles. The number of nitrogens with one attached hydrogen (secondary N) is 1. The molecule has 1 saturated carbocycles. The van der Waals surface area contributed by atoms with Crippen LogP contribution in [-0.4, -0.2) is 23.0 Å². The molecule has 0 heterocycles. The Labute approximate surface area is 109 Å². The van der Waals surface area contributed by atoms with Gasteiger partial charge >= 0.3 is 0 Å². The fraction of sp³-hybridized carbons (Fsp3) is 0.846. The minimum absolute atomic E-state index is 0.0376. The summed E-state index contributed by atoms with van der Waals surface area (Å²) in [6.07, 6.45) is 4.59. The van der Waals surface area contributed by atoms with Crippen molar-refractivity contribution in [2.24, 2.45) is 28.6 Å². The molecule has 0 aromatic rings. The van der Waals surface area contributed by atoms with Gasteiger partial charge in [0.05, 0.1) is 5.92 Å². The zero-order valence-corrected chi connectivity index (χ0v) is 11.5. The fourth-order valence-electron chi connectivity index (χ4n) is 2.67. The maximum absolute atomic E-state index is 12.0. The molecule has 1 aliphatic carbocycles. The second-order valence-electron chi connectivity index (χ2n) is 5.55. The third-order valence-electron chi connectivity index (χ3n) is 3.96. The topological polar surface area (TPSA) is 87.7 Å². The number of nitrogens with zero attached hydrogens (tertiary/aromatic N) is 1. The van der Waals surface area contributed by atoms with Gasteiger partial charge in [-0.2, -0.15) is 0 Å². The molecule has 1 amide bonds. The van der Waals surface area contributed by atoms with Crippen molar-refractivity contribution in [3.63, 3.8) is 0 Å². The number of nitrogens with two attached hydrogens (primary N) is 1. The van der Waals surface area contributed by atoms with E-state index in [0.717, 1.165) is 12.8 Å². The van der Waals surface area contributed by atoms with Gasteiger partial charge < -0.3 is 16.3 Å². The molecule has 0 saturated heterocycles. The van der Waals surface area contributed by atoms with Gasteiger partial charge in [-0.3, -0.25) is 4.79 Å². The van der Waals surface area contributed by atoms with Crippen molar-refractivity contribution in [1.29, 1.82) is 0 Å². The van der Waals surface area contributed by atoms with Crippen LogP contribution >= 0.6 is 0 Å². The molecule has 4 N–H and O–H groups in total. The predicted molar refractivity (Wildman–Crippen MR) is 71.3 cm³/mol. The summed E-state index contributed by atoms with van der Waals surface area (Å²) in [5.41, 5.74) is 5.46. The summed E-state index contributed by atoms with van der Waals surface area (Å²) in [5, 5.41) is 14.5. The number of oxime groups is 1. The molecular formula is C13H25N3O2. The first-order chi connectivity index (χ1) is 8.47. The summed E-state index contributed by atoms with van der Waals surface area (Å²) >= 11 is 0. The van der Waals surface area contributed by atoms with Gasteiger partial charge in [0.15, 0.2) is 5.84 Å². The Morgan fingerprint density at radius 3 is 2.50 bits per heavy atom. The van der Waals surface area contributed by atoms with Gasteiger partial charge in [0.1, 0.15) is 0 Å². The Kier molecular flexibility index (Phi) is 5.44. The number of carbonyl (C=O) groups is 1. The van der Waals surface area contributed by atoms with Crippen molar-refractivity contribution in [1.82, 2.24) is 5.32 Å². The van der Waals surface area contributed by atoms with Crippen LogP contribution in [0.1, 0.15) is 46.5 Å². The highest BCUT2D eigenvalue weighted by Gasteiger charge is 2.30. The number of hydrogen-bond acceptors (Lipinski definition) is 3. The van der Waals surface area contributed by atoms with Crippen molar-refractivity contribution in [3.8, 4) is 0 Å². The van der Waals surface area contributed by atoms with Crippen LogP contribution < -0.4 is 11.1 Å². The normalized spacial score (nSPS) is 27.0. The third-order valence-corrected chi connectivity index (χ3v) is 3.96. The van der Waals surface area contributed by atoms with Gasteiger partial charge in [0.2, 0.25) is 5.91 Å². The lowest BCUT2D eigenvalue weighted by Crippen LogP contribution is -2.47. The molecule has 1 aliphatic rings. The lowest BCUT2D eigenvalue weighted by Gasteiger charge is -2.35. The highest BCUT2D eigenvalue weighted by Crippen LogP contribution is 2.30. The Balaban J connectivity index is 2.61. The van der Waals surface area contributed by atoms with Gasteiger partial charge in [0, 0.05) is 6.04 Å². The summed E-state index contributed by atoms with van der Waals surface area (Å²) in [6, 6.07) is 0.222. The van der Waals surface area contributed by atoms with E-state index in [-0.39, 0.29) is 17.8 Å². The Bertz CT molecular complexity index is 315. The molecule has 0 radical (unpaired) electrons. The SMILES string of the molecule is CC(C(=O)NC1CCCCC1C(C)C)C(N)=NO. The smallest absolute Gasteiger partial charge is 0.230 e. The number of hydrogen-bond donors (Lipinski definition) is 3. The van der Waals surface area contributed by atoms with Crippen LogP contribution in [0.5, 0.6) is 0 Å². The Hall–Kier alpha value is -1.26. The molecule has 3 atom stereocenters. The molecule has 18 heavy (non-hydrogen) atoms. The first-order valence-corrected chi connectivity index (χ1v) is 6.75. The molecule has 0 aromatic carbocycles. The van der Waals surface area contributed by atoms with Crippen LogP contribution in [0.3, 0.4) is 0 Å². The van der Waals surface area contributed by atoms with E-state index >= 15 is 0 Å². The van der Waals surface area contributed by atoms with Crippen LogP contribution in [0.4, 0.5) is 0 Å². The molecule has 0 spiro atoms. The predicted octanol–water partition coefficient (Wildman–Crippen LogP) is 1.70. The van der Waals surface area contributed by atoms with E-state index in [9.17, 15) is 4.79 Å². The van der Waals surface area contributed by atoms with Gasteiger partial charge in [-0.25, -0.2) is 0 Å². The molecular weight excluding hydrogens is 230 g/mol. The average molecular weight is 255 g/mol. The molecule has 5 heteroatoms. The van der Waals surface area contributed by atoms with Crippen LogP contribution in [0, 0.1) is 17.8 Å². The van der Waals surface area contributed by atoms with Crippen LogP contribution in [-0.2, 0) is 4.79 Å². The van der Waals surface area contributed by atoms with Crippen LogP contribution in [0.15, 0.2) is 5.16 Å². The zero-order chi connectivity index (χ0) is 13.7. The minimum Gasteiger partial charge on any atom is -0.409 e. The standard InChI is InChI=1S/C13H25N3O2/c1-8(2)10-6-4-5-7-11(10)15-13(17)9(3)12(14)16-18/h8-11,18H,4-7H2,1-3H3,(H2,14,16)(H,15,17). The molecule has 3 unspecified atom stereocenters. The molecule has 1 fully saturated rings. The van der Waals surface area contributed by atoms with Crippen molar-refractivity contribution in [3.05, 3.63) is 0 Å². The summed E-state index contributed by atoms with van der Waals surface area (Å²) in [7, 11) is 0. The van der Waals surface area contributed by atoms with Crippen LogP contribution in [0.2, 0.25) is 0 Å². The second-order valence-corrected chi connectivity index (χ2v) is 5.55. The minimum atomic E-state index is -0.579. The Morgan fingerprint density at radius 2 is 1.94 bits per heavy atom. The summed E-state index contributed by atoms with van der Waals surface area (Å²) in [4.78, 5) is 12.0. The van der Waals surface area contributed by atoms with Crippen molar-refractivity contribution in [2.45, 2.75) is 52.5 Å². The average Bonchev–Trinajstić information content (AvgIpc) is 2.37. The quantitative estimate of drug-likeness (QED) is 0.309. The van der Waals surface area contributed by atoms with Crippen molar-refractivity contribution < 1.29 is 10.0 Å². The highest BCUT2D eigenvalue weighted by atomic mass is 16.4. The fourth-order valence-corrected chi connectivity index (χ4v) is 2.67. The maximum atomic E-state index is 12.0. The van der Waals surface area contributed by atoms with Crippen molar-refractivity contribution in [2.75, 3.05) is 0 Å². The number of rotatable bonds is 4. The Morgan fingerprint density at radius 1 is 1.33 bits per heavy atom. The summed E-state index contributed by atoms with van der Waals surface area (Å²) in [6.45, 7) is 6.04. The molecule has 1 rings (SSSR count). The zero-order valence-electron chi connectivity index (χ0n) is 11.5. The van der Waals surface area contributed by atoms with E-state index < -0.39 is 5.92 Å². The number of amides is 1. The molecule has 0 aromatic heterocycles. The summed E-state index contributed by atoms with van der Waals surface area (Å²) < 4.78 is 0. The number of carbonyl (C=O) groups excluding carboxylic acids is 1. The largest absolute Gasteiger partial charge is 0.409 e. The molecule has 104 valence electrons. The number of amidine groups is 1. The van der Waals surface area contributed by atoms with E-state index in [1.54, 1.807) is 6.92 Å². The van der Waals surface area contributed by atoms with E-state index in [4.69, 9.17) is 10.9 Å². The summed E-state index contributed by atoms with van der Waals surface area (Å²) in [5.74, 6) is 0.328. The van der Waals surface area contributed by atoms with Crippen LogP contribution in [0.25, 0.3) is 0 Å². The molecule has 0 bridgehead atoms. The molecule has 5 nitrogen and oxygen atoms in total. The third kappa shape index (κ3) is 3.62. The van der Waals surface area contributed by atoms with Gasteiger partial charge in [-0.1, -0.05) is 31.8 Å². The van der Waals surface area contributed by atoms with E-state index in [1.165, 1.54) is 12.8 Å². The van der Waals surface area contributed by atoms with E-state index in [1.807, 2.05) is 0 Å².